The first-order valence-electron chi connectivity index (χ1n) is 8.66. The number of para-hydroxylation sites is 1. The van der Waals surface area contributed by atoms with Crippen molar-refractivity contribution in [3.8, 4) is 0 Å². The predicted octanol–water partition coefficient (Wildman–Crippen LogP) is 4.62. The van der Waals surface area contributed by atoms with Gasteiger partial charge in [-0.15, -0.1) is 0 Å². The highest BCUT2D eigenvalue weighted by Gasteiger charge is 2.22. The van der Waals surface area contributed by atoms with Crippen LogP contribution in [0.25, 0.3) is 11.0 Å². The molecule has 0 atom stereocenters. The molecule has 27 heavy (non-hydrogen) atoms. The summed E-state index contributed by atoms with van der Waals surface area (Å²) in [6.45, 7) is 4.33. The molecule has 1 aliphatic rings. The van der Waals surface area contributed by atoms with E-state index < -0.39 is 5.91 Å². The molecule has 0 radical (unpaired) electrons. The second-order valence-corrected chi connectivity index (χ2v) is 6.79. The molecule has 140 valence electrons. The van der Waals surface area contributed by atoms with Crippen LogP contribution >= 0.6 is 11.6 Å². The van der Waals surface area contributed by atoms with Crippen LogP contribution in [0.1, 0.15) is 16.1 Å². The minimum absolute atomic E-state index is 0.156. The third kappa shape index (κ3) is 3.38. The quantitative estimate of drug-likeness (QED) is 0.711. The summed E-state index contributed by atoms with van der Waals surface area (Å²) in [4.78, 5) is 14.9. The van der Waals surface area contributed by atoms with Crippen LogP contribution in [0.15, 0.2) is 40.8 Å². The summed E-state index contributed by atoms with van der Waals surface area (Å²) in [5, 5.41) is 4.02. The van der Waals surface area contributed by atoms with Crippen molar-refractivity contribution >= 4 is 39.9 Å². The number of halogens is 2. The predicted molar refractivity (Wildman–Crippen MR) is 103 cm³/mol. The van der Waals surface area contributed by atoms with Crippen LogP contribution in [-0.4, -0.2) is 32.2 Å². The van der Waals surface area contributed by atoms with E-state index in [-0.39, 0.29) is 11.6 Å². The number of nitrogens with one attached hydrogen (secondary N) is 1. The Labute approximate surface area is 160 Å². The number of carbonyl (C=O) groups excluding carboxylic acids is 1. The summed E-state index contributed by atoms with van der Waals surface area (Å²) in [5.74, 6) is -0.618. The zero-order valence-corrected chi connectivity index (χ0v) is 15.5. The summed E-state index contributed by atoms with van der Waals surface area (Å²) in [5.41, 5.74) is 2.42. The first-order valence-corrected chi connectivity index (χ1v) is 9.03. The Kier molecular flexibility index (Phi) is 4.76. The Morgan fingerprint density at radius 3 is 2.78 bits per heavy atom. The second kappa shape index (κ2) is 7.21. The smallest absolute Gasteiger partial charge is 0.291 e. The monoisotopic (exact) mass is 388 g/mol. The van der Waals surface area contributed by atoms with Gasteiger partial charge in [-0.1, -0.05) is 17.7 Å². The lowest BCUT2D eigenvalue weighted by Gasteiger charge is -2.31. The van der Waals surface area contributed by atoms with Crippen molar-refractivity contribution in [1.82, 2.24) is 0 Å². The zero-order valence-electron chi connectivity index (χ0n) is 14.7. The summed E-state index contributed by atoms with van der Waals surface area (Å²) in [6.07, 6.45) is 0. The molecule has 5 nitrogen and oxygen atoms in total. The topological polar surface area (TPSA) is 54.7 Å². The number of aryl methyl sites for hydroxylation is 1. The van der Waals surface area contributed by atoms with E-state index in [9.17, 15) is 9.18 Å². The van der Waals surface area contributed by atoms with Gasteiger partial charge in [0.25, 0.3) is 5.91 Å². The molecule has 3 aromatic rings. The third-order valence-corrected chi connectivity index (χ3v) is 4.97. The zero-order chi connectivity index (χ0) is 19.0. The lowest BCUT2D eigenvalue weighted by atomic mass is 10.1. The van der Waals surface area contributed by atoms with Gasteiger partial charge in [-0.3, -0.25) is 4.79 Å². The van der Waals surface area contributed by atoms with Crippen molar-refractivity contribution in [3.63, 3.8) is 0 Å². The molecule has 0 bridgehead atoms. The maximum atomic E-state index is 13.5. The van der Waals surface area contributed by atoms with Gasteiger partial charge in [-0.05, 0) is 37.3 Å². The summed E-state index contributed by atoms with van der Waals surface area (Å²) >= 11 is 6.41. The van der Waals surface area contributed by atoms with Crippen molar-refractivity contribution in [2.45, 2.75) is 6.92 Å². The van der Waals surface area contributed by atoms with Crippen LogP contribution in [0, 0.1) is 12.7 Å². The molecule has 1 N–H and O–H groups in total. The number of ether oxygens (including phenoxy) is 1. The lowest BCUT2D eigenvalue weighted by molar-refractivity contribution is 0.0998. The molecular formula is C20H18ClFN2O3. The molecule has 7 heteroatoms. The molecule has 4 rings (SSSR count). The Balaban J connectivity index is 1.67. The SMILES string of the molecule is Cc1c(C(=O)Nc2cccc(Cl)c2N2CCOCC2)oc2ccc(F)cc12. The Bertz CT molecular complexity index is 1010. The van der Waals surface area contributed by atoms with Crippen LogP contribution in [0.3, 0.4) is 0 Å². The maximum absolute atomic E-state index is 13.5. The van der Waals surface area contributed by atoms with Crippen molar-refractivity contribution in [1.29, 1.82) is 0 Å². The number of fused-ring (bicyclic) bond motifs is 1. The van der Waals surface area contributed by atoms with E-state index in [4.69, 9.17) is 20.8 Å². The Hall–Kier alpha value is -2.57. The fraction of sp³-hybridized carbons (Fsp3) is 0.250. The van der Waals surface area contributed by atoms with Crippen LogP contribution < -0.4 is 10.2 Å². The highest BCUT2D eigenvalue weighted by atomic mass is 35.5. The summed E-state index contributed by atoms with van der Waals surface area (Å²) < 4.78 is 24.6. The van der Waals surface area contributed by atoms with E-state index in [1.165, 1.54) is 18.2 Å². The normalized spacial score (nSPS) is 14.6. The van der Waals surface area contributed by atoms with Gasteiger partial charge >= 0.3 is 0 Å². The number of morpholine rings is 1. The van der Waals surface area contributed by atoms with E-state index in [0.29, 0.717) is 53.5 Å². The highest BCUT2D eigenvalue weighted by molar-refractivity contribution is 6.34. The Morgan fingerprint density at radius 1 is 1.22 bits per heavy atom. The lowest BCUT2D eigenvalue weighted by Crippen LogP contribution is -2.37. The minimum Gasteiger partial charge on any atom is -0.451 e. The van der Waals surface area contributed by atoms with Gasteiger partial charge in [0.05, 0.1) is 29.6 Å². The number of hydrogen-bond donors (Lipinski definition) is 1. The van der Waals surface area contributed by atoms with Crippen molar-refractivity contribution in [2.75, 3.05) is 36.5 Å². The molecule has 1 fully saturated rings. The fourth-order valence-corrected chi connectivity index (χ4v) is 3.61. The molecule has 2 aromatic carbocycles. The summed E-state index contributed by atoms with van der Waals surface area (Å²) in [7, 11) is 0. The van der Waals surface area contributed by atoms with Gasteiger partial charge in [-0.25, -0.2) is 4.39 Å². The molecule has 1 amide bonds. The van der Waals surface area contributed by atoms with Gasteiger partial charge < -0.3 is 19.4 Å². The largest absolute Gasteiger partial charge is 0.451 e. The van der Waals surface area contributed by atoms with Crippen LogP contribution in [0.2, 0.25) is 5.02 Å². The van der Waals surface area contributed by atoms with E-state index in [0.717, 1.165) is 5.69 Å². The fourth-order valence-electron chi connectivity index (χ4n) is 3.31. The molecule has 1 saturated heterocycles. The van der Waals surface area contributed by atoms with Gasteiger partial charge in [0, 0.05) is 24.0 Å². The number of benzene rings is 2. The molecular weight excluding hydrogens is 371 g/mol. The Morgan fingerprint density at radius 2 is 2.00 bits per heavy atom. The number of hydrogen-bond acceptors (Lipinski definition) is 4. The molecule has 0 aliphatic carbocycles. The first-order chi connectivity index (χ1) is 13.0. The van der Waals surface area contributed by atoms with E-state index in [1.807, 2.05) is 0 Å². The van der Waals surface area contributed by atoms with Crippen molar-refractivity contribution < 1.29 is 18.3 Å². The van der Waals surface area contributed by atoms with Gasteiger partial charge in [0.1, 0.15) is 11.4 Å². The third-order valence-electron chi connectivity index (χ3n) is 4.67. The van der Waals surface area contributed by atoms with E-state index in [2.05, 4.69) is 10.2 Å². The average molecular weight is 389 g/mol. The van der Waals surface area contributed by atoms with Gasteiger partial charge in [-0.2, -0.15) is 0 Å². The van der Waals surface area contributed by atoms with Gasteiger partial charge in [0.2, 0.25) is 0 Å². The molecule has 0 saturated carbocycles. The number of anilines is 2. The second-order valence-electron chi connectivity index (χ2n) is 6.39. The number of carbonyl (C=O) groups is 1. The summed E-state index contributed by atoms with van der Waals surface area (Å²) in [6, 6.07) is 9.56. The van der Waals surface area contributed by atoms with Gasteiger partial charge in [0.15, 0.2) is 5.76 Å². The maximum Gasteiger partial charge on any atom is 0.291 e. The average Bonchev–Trinajstić information content (AvgIpc) is 2.99. The number of amides is 1. The molecule has 0 unspecified atom stereocenters. The van der Waals surface area contributed by atoms with Crippen LogP contribution in [0.5, 0.6) is 0 Å². The molecule has 1 aromatic heterocycles. The first kappa shape index (κ1) is 17.8. The van der Waals surface area contributed by atoms with E-state index in [1.54, 1.807) is 25.1 Å². The molecule has 2 heterocycles. The highest BCUT2D eigenvalue weighted by Crippen LogP contribution is 2.35. The number of rotatable bonds is 3. The molecule has 1 aliphatic heterocycles. The van der Waals surface area contributed by atoms with Crippen LogP contribution in [-0.2, 0) is 4.74 Å². The van der Waals surface area contributed by atoms with Crippen LogP contribution in [0.4, 0.5) is 15.8 Å². The van der Waals surface area contributed by atoms with Crippen molar-refractivity contribution in [3.05, 3.63) is 58.6 Å². The molecule has 0 spiro atoms. The minimum atomic E-state index is -0.402. The van der Waals surface area contributed by atoms with E-state index >= 15 is 0 Å². The van der Waals surface area contributed by atoms with Crippen molar-refractivity contribution in [2.24, 2.45) is 0 Å². The number of furan rings is 1. The number of nitrogens with zero attached hydrogens (tertiary/aromatic N) is 1. The standard InChI is InChI=1S/C20H18ClFN2O3/c1-12-14-11-13(22)5-6-17(14)27-19(12)20(25)23-16-4-2-3-15(21)18(16)24-7-9-26-10-8-24/h2-6,11H,7-10H2,1H3,(H,23,25).